The Bertz CT molecular complexity index is 723. The molecule has 0 unspecified atom stereocenters. The van der Waals surface area contributed by atoms with E-state index in [2.05, 4.69) is 5.32 Å². The van der Waals surface area contributed by atoms with Crippen molar-refractivity contribution >= 4 is 46.4 Å². The molecule has 0 heterocycles. The van der Waals surface area contributed by atoms with E-state index in [0.29, 0.717) is 16.3 Å². The van der Waals surface area contributed by atoms with Gasteiger partial charge >= 0.3 is 0 Å². The lowest BCUT2D eigenvalue weighted by Crippen LogP contribution is -2.12. The molecule has 0 radical (unpaired) electrons. The molecule has 1 amide bonds. The summed E-state index contributed by atoms with van der Waals surface area (Å²) in [7, 11) is 0. The second-order valence-electron chi connectivity index (χ2n) is 3.86. The maximum absolute atomic E-state index is 12.1. The molecule has 0 saturated heterocycles. The molecule has 0 bridgehead atoms. The summed E-state index contributed by atoms with van der Waals surface area (Å²) in [4.78, 5) is 12.1. The first-order chi connectivity index (χ1) is 9.52. The highest BCUT2D eigenvalue weighted by molar-refractivity contribution is 6.44. The van der Waals surface area contributed by atoms with Crippen LogP contribution in [0, 0.1) is 11.3 Å². The normalized spacial score (nSPS) is 9.90. The molecule has 3 nitrogen and oxygen atoms in total. The average molecular weight is 326 g/mol. The maximum atomic E-state index is 12.1. The van der Waals surface area contributed by atoms with Crippen molar-refractivity contribution in [1.82, 2.24) is 0 Å². The molecule has 0 aromatic heterocycles. The van der Waals surface area contributed by atoms with E-state index >= 15 is 0 Å². The van der Waals surface area contributed by atoms with Gasteiger partial charge in [-0.1, -0.05) is 40.9 Å². The van der Waals surface area contributed by atoms with E-state index in [1.165, 1.54) is 12.1 Å². The lowest BCUT2D eigenvalue weighted by atomic mass is 10.2. The van der Waals surface area contributed by atoms with Gasteiger partial charge in [0, 0.05) is 5.69 Å². The summed E-state index contributed by atoms with van der Waals surface area (Å²) >= 11 is 17.7. The summed E-state index contributed by atoms with van der Waals surface area (Å²) in [6, 6.07) is 11.3. The summed E-state index contributed by atoms with van der Waals surface area (Å²) in [5.41, 5.74) is 1.07. The minimum absolute atomic E-state index is 0.186. The Labute approximate surface area is 130 Å². The second kappa shape index (κ2) is 6.15. The summed E-state index contributed by atoms with van der Waals surface area (Å²) in [6.07, 6.45) is 0. The molecule has 0 spiro atoms. The van der Waals surface area contributed by atoms with Gasteiger partial charge in [0.1, 0.15) is 6.07 Å². The fourth-order valence-corrected chi connectivity index (χ4v) is 2.17. The first-order valence-electron chi connectivity index (χ1n) is 5.48. The van der Waals surface area contributed by atoms with Crippen LogP contribution in [0.4, 0.5) is 5.69 Å². The molecule has 0 saturated carbocycles. The minimum atomic E-state index is -0.404. The van der Waals surface area contributed by atoms with Crippen molar-refractivity contribution < 1.29 is 4.79 Å². The number of nitrogens with zero attached hydrogens (tertiary/aromatic N) is 1. The van der Waals surface area contributed by atoms with Crippen molar-refractivity contribution in [3.05, 3.63) is 62.6 Å². The first kappa shape index (κ1) is 14.7. The Hall–Kier alpha value is -1.73. The zero-order valence-corrected chi connectivity index (χ0v) is 12.2. The molecule has 2 aromatic rings. The Kier molecular flexibility index (Phi) is 4.51. The third kappa shape index (κ3) is 3.05. The van der Waals surface area contributed by atoms with Crippen LogP contribution in [-0.2, 0) is 0 Å². The van der Waals surface area contributed by atoms with E-state index in [1.807, 2.05) is 6.07 Å². The lowest BCUT2D eigenvalue weighted by Gasteiger charge is -2.08. The number of nitrogens with one attached hydrogen (secondary N) is 1. The number of carbonyl (C=O) groups is 1. The number of benzene rings is 2. The highest BCUT2D eigenvalue weighted by Gasteiger charge is 2.13. The van der Waals surface area contributed by atoms with Gasteiger partial charge in [-0.2, -0.15) is 5.26 Å². The minimum Gasteiger partial charge on any atom is -0.322 e. The summed E-state index contributed by atoms with van der Waals surface area (Å²) in [5.74, 6) is -0.404. The number of anilines is 1. The predicted molar refractivity (Wildman–Crippen MR) is 80.6 cm³/mol. The van der Waals surface area contributed by atoms with Crippen molar-refractivity contribution in [1.29, 1.82) is 5.26 Å². The number of amides is 1. The van der Waals surface area contributed by atoms with E-state index < -0.39 is 5.91 Å². The fourth-order valence-electron chi connectivity index (χ4n) is 1.56. The molecule has 100 valence electrons. The van der Waals surface area contributed by atoms with Crippen LogP contribution in [0.5, 0.6) is 0 Å². The smallest absolute Gasteiger partial charge is 0.257 e. The van der Waals surface area contributed by atoms with Crippen molar-refractivity contribution in [2.45, 2.75) is 0 Å². The SMILES string of the molecule is N#Cc1ccc(NC(=O)c2cccc(Cl)c2Cl)cc1Cl. The third-order valence-electron chi connectivity index (χ3n) is 2.54. The van der Waals surface area contributed by atoms with E-state index in [4.69, 9.17) is 40.1 Å². The van der Waals surface area contributed by atoms with Crippen LogP contribution in [0.15, 0.2) is 36.4 Å². The number of halogens is 3. The summed E-state index contributed by atoms with van der Waals surface area (Å²) < 4.78 is 0. The first-order valence-corrected chi connectivity index (χ1v) is 6.61. The number of hydrogen-bond donors (Lipinski definition) is 1. The molecule has 0 fully saturated rings. The second-order valence-corrected chi connectivity index (χ2v) is 5.05. The van der Waals surface area contributed by atoms with Crippen LogP contribution in [0.3, 0.4) is 0 Å². The van der Waals surface area contributed by atoms with Gasteiger partial charge in [-0.15, -0.1) is 0 Å². The van der Waals surface area contributed by atoms with Crippen LogP contribution in [-0.4, -0.2) is 5.91 Å². The van der Waals surface area contributed by atoms with Crippen LogP contribution in [0.2, 0.25) is 15.1 Å². The molecule has 1 N–H and O–H groups in total. The van der Waals surface area contributed by atoms with Crippen LogP contribution >= 0.6 is 34.8 Å². The Morgan fingerprint density at radius 3 is 2.50 bits per heavy atom. The lowest BCUT2D eigenvalue weighted by molar-refractivity contribution is 0.102. The zero-order chi connectivity index (χ0) is 14.7. The molecule has 2 rings (SSSR count). The van der Waals surface area contributed by atoms with Gasteiger partial charge in [0.15, 0.2) is 0 Å². The topological polar surface area (TPSA) is 52.9 Å². The van der Waals surface area contributed by atoms with Gasteiger partial charge in [0.05, 0.1) is 26.2 Å². The zero-order valence-electron chi connectivity index (χ0n) is 9.95. The monoisotopic (exact) mass is 324 g/mol. The van der Waals surface area contributed by atoms with E-state index in [-0.39, 0.29) is 15.6 Å². The largest absolute Gasteiger partial charge is 0.322 e. The third-order valence-corrected chi connectivity index (χ3v) is 3.68. The van der Waals surface area contributed by atoms with Gasteiger partial charge in [-0.25, -0.2) is 0 Å². The molecular formula is C14H7Cl3N2O. The molecule has 0 aliphatic carbocycles. The summed E-state index contributed by atoms with van der Waals surface area (Å²) in [5, 5.41) is 12.2. The van der Waals surface area contributed by atoms with Gasteiger partial charge in [0.2, 0.25) is 0 Å². The highest BCUT2D eigenvalue weighted by Crippen LogP contribution is 2.27. The van der Waals surface area contributed by atoms with Crippen molar-refractivity contribution in [3.8, 4) is 6.07 Å². The predicted octanol–water partition coefficient (Wildman–Crippen LogP) is 4.77. The molecule has 20 heavy (non-hydrogen) atoms. The molecule has 0 aliphatic heterocycles. The van der Waals surface area contributed by atoms with Gasteiger partial charge in [-0.3, -0.25) is 4.79 Å². The van der Waals surface area contributed by atoms with Crippen LogP contribution < -0.4 is 5.32 Å². The summed E-state index contributed by atoms with van der Waals surface area (Å²) in [6.45, 7) is 0. The number of hydrogen-bond acceptors (Lipinski definition) is 2. The van der Waals surface area contributed by atoms with Gasteiger partial charge < -0.3 is 5.32 Å². The quantitative estimate of drug-likeness (QED) is 0.864. The number of rotatable bonds is 2. The molecule has 6 heteroatoms. The maximum Gasteiger partial charge on any atom is 0.257 e. The molecule has 2 aromatic carbocycles. The van der Waals surface area contributed by atoms with Crippen LogP contribution in [0.1, 0.15) is 15.9 Å². The number of nitriles is 1. The van der Waals surface area contributed by atoms with E-state index in [0.717, 1.165) is 0 Å². The Morgan fingerprint density at radius 1 is 1.10 bits per heavy atom. The standard InChI is InChI=1S/C14H7Cl3N2O/c15-11-3-1-2-10(13(11)17)14(20)19-9-5-4-8(7-18)12(16)6-9/h1-6H,(H,19,20). The molecular weight excluding hydrogens is 319 g/mol. The average Bonchev–Trinajstić information content (AvgIpc) is 2.42. The van der Waals surface area contributed by atoms with E-state index in [1.54, 1.807) is 24.3 Å². The Balaban J connectivity index is 2.26. The fraction of sp³-hybridized carbons (Fsp3) is 0. The van der Waals surface area contributed by atoms with E-state index in [9.17, 15) is 4.79 Å². The van der Waals surface area contributed by atoms with Crippen molar-refractivity contribution in [2.24, 2.45) is 0 Å². The highest BCUT2D eigenvalue weighted by atomic mass is 35.5. The number of carbonyl (C=O) groups excluding carboxylic acids is 1. The Morgan fingerprint density at radius 2 is 1.85 bits per heavy atom. The van der Waals surface area contributed by atoms with Crippen molar-refractivity contribution in [3.63, 3.8) is 0 Å². The molecule has 0 aliphatic rings. The van der Waals surface area contributed by atoms with Gasteiger partial charge in [-0.05, 0) is 30.3 Å². The van der Waals surface area contributed by atoms with Crippen molar-refractivity contribution in [2.75, 3.05) is 5.32 Å². The molecule has 0 atom stereocenters. The van der Waals surface area contributed by atoms with Crippen LogP contribution in [0.25, 0.3) is 0 Å². The van der Waals surface area contributed by atoms with Gasteiger partial charge in [0.25, 0.3) is 5.91 Å².